The van der Waals surface area contributed by atoms with E-state index in [9.17, 15) is 10.1 Å². The van der Waals surface area contributed by atoms with Crippen molar-refractivity contribution in [1.82, 2.24) is 0 Å². The van der Waals surface area contributed by atoms with Gasteiger partial charge in [-0.1, -0.05) is 48.5 Å². The topological polar surface area (TPSA) is 62.4 Å². The molecule has 0 fully saturated rings. The maximum atomic E-state index is 13.3. The van der Waals surface area contributed by atoms with Crippen LogP contribution in [0.1, 0.15) is 42.7 Å². The Labute approximate surface area is 165 Å². The van der Waals surface area contributed by atoms with E-state index >= 15 is 0 Å². The Morgan fingerprint density at radius 3 is 2.50 bits per heavy atom. The van der Waals surface area contributed by atoms with Gasteiger partial charge in [-0.05, 0) is 30.9 Å². The second-order valence-corrected chi connectivity index (χ2v) is 7.38. The molecule has 4 rings (SSSR count). The number of rotatable bonds is 3. The van der Waals surface area contributed by atoms with Crippen LogP contribution in [0.3, 0.4) is 0 Å². The lowest BCUT2D eigenvalue weighted by Crippen LogP contribution is -2.32. The van der Waals surface area contributed by atoms with E-state index in [2.05, 4.69) is 18.2 Å². The molecule has 0 radical (unpaired) electrons. The first-order valence-corrected chi connectivity index (χ1v) is 9.53. The smallest absolute Gasteiger partial charge is 0.161 e. The average Bonchev–Trinajstić information content (AvgIpc) is 2.73. The second-order valence-electron chi connectivity index (χ2n) is 7.38. The van der Waals surface area contributed by atoms with E-state index in [1.165, 1.54) is 0 Å². The largest absolute Gasteiger partial charge is 0.496 e. The lowest BCUT2D eigenvalue weighted by molar-refractivity contribution is -0.116. The number of nitriles is 1. The molecule has 4 nitrogen and oxygen atoms in total. The summed E-state index contributed by atoms with van der Waals surface area (Å²) >= 11 is 0. The van der Waals surface area contributed by atoms with E-state index < -0.39 is 5.92 Å². The molecule has 0 saturated heterocycles. The van der Waals surface area contributed by atoms with Gasteiger partial charge in [-0.2, -0.15) is 5.26 Å². The third kappa shape index (κ3) is 3.03. The molecule has 2 aromatic carbocycles. The predicted molar refractivity (Wildman–Crippen MR) is 108 cm³/mol. The number of nitrogens with zero attached hydrogens (tertiary/aromatic N) is 2. The number of para-hydroxylation sites is 1. The van der Waals surface area contributed by atoms with Crippen LogP contribution in [0.5, 0.6) is 5.75 Å². The monoisotopic (exact) mass is 370 g/mol. The van der Waals surface area contributed by atoms with E-state index in [1.807, 2.05) is 49.4 Å². The molecule has 28 heavy (non-hydrogen) atoms. The van der Waals surface area contributed by atoms with E-state index in [0.29, 0.717) is 24.2 Å². The highest BCUT2D eigenvalue weighted by atomic mass is 16.5. The Bertz CT molecular complexity index is 1010. The van der Waals surface area contributed by atoms with Crippen molar-refractivity contribution in [2.45, 2.75) is 31.6 Å². The zero-order chi connectivity index (χ0) is 19.7. The summed E-state index contributed by atoms with van der Waals surface area (Å²) in [6, 6.07) is 20.2. The van der Waals surface area contributed by atoms with E-state index in [1.54, 1.807) is 7.11 Å². The summed E-state index contributed by atoms with van der Waals surface area (Å²) in [4.78, 5) is 18.0. The molecule has 1 unspecified atom stereocenters. The molecule has 1 aliphatic carbocycles. The summed E-state index contributed by atoms with van der Waals surface area (Å²) in [5, 5.41) is 9.86. The van der Waals surface area contributed by atoms with Crippen molar-refractivity contribution in [2.75, 3.05) is 7.11 Å². The number of carbonyl (C=O) groups excluding carboxylic acids is 1. The van der Waals surface area contributed by atoms with Crippen molar-refractivity contribution in [3.05, 3.63) is 77.0 Å². The molecular formula is C24H22N2O2. The zero-order valence-electron chi connectivity index (χ0n) is 16.1. The van der Waals surface area contributed by atoms with Gasteiger partial charge in [0.2, 0.25) is 0 Å². The van der Waals surface area contributed by atoms with Crippen LogP contribution in [0.4, 0.5) is 0 Å². The van der Waals surface area contributed by atoms with Gasteiger partial charge in [0.1, 0.15) is 5.75 Å². The quantitative estimate of drug-likeness (QED) is 0.780. The Hall–Kier alpha value is -3.19. The van der Waals surface area contributed by atoms with Crippen LogP contribution in [-0.4, -0.2) is 18.6 Å². The molecule has 2 aliphatic rings. The van der Waals surface area contributed by atoms with Crippen LogP contribution >= 0.6 is 0 Å². The molecule has 0 amide bonds. The van der Waals surface area contributed by atoms with Gasteiger partial charge in [0.15, 0.2) is 5.78 Å². The van der Waals surface area contributed by atoms with Crippen molar-refractivity contribution in [3.63, 3.8) is 0 Å². The number of hydrogen-bond acceptors (Lipinski definition) is 4. The third-order valence-electron chi connectivity index (χ3n) is 5.77. The summed E-state index contributed by atoms with van der Waals surface area (Å²) in [5.41, 5.74) is 4.31. The van der Waals surface area contributed by atoms with Gasteiger partial charge in [0, 0.05) is 34.9 Å². The van der Waals surface area contributed by atoms with E-state index in [0.717, 1.165) is 22.5 Å². The van der Waals surface area contributed by atoms with Crippen molar-refractivity contribution in [3.8, 4) is 11.8 Å². The number of ether oxygens (including phenoxy) is 1. The molecule has 4 heteroatoms. The fourth-order valence-corrected chi connectivity index (χ4v) is 4.45. The van der Waals surface area contributed by atoms with E-state index in [4.69, 9.17) is 9.73 Å². The molecule has 0 N–H and O–H groups in total. The van der Waals surface area contributed by atoms with Crippen LogP contribution in [0, 0.1) is 17.2 Å². The highest BCUT2D eigenvalue weighted by Crippen LogP contribution is 2.48. The fraction of sp³-hybridized carbons (Fsp3) is 0.292. The van der Waals surface area contributed by atoms with Gasteiger partial charge in [-0.25, -0.2) is 0 Å². The SMILES string of the molecule is COc1ccccc1[C@@H]1C2=C(C[C@@H](c3ccccc3)CC2=O)N=C(C)C1C#N. The van der Waals surface area contributed by atoms with Crippen LogP contribution in [0.15, 0.2) is 70.9 Å². The predicted octanol–water partition coefficient (Wildman–Crippen LogP) is 4.79. The Kier molecular flexibility index (Phi) is 4.83. The minimum Gasteiger partial charge on any atom is -0.496 e. The maximum absolute atomic E-state index is 13.3. The first kappa shape index (κ1) is 18.2. The summed E-state index contributed by atoms with van der Waals surface area (Å²) in [6.45, 7) is 1.89. The number of Topliss-reactive ketones (excluding diaryl/α,β-unsaturated/α-hetero) is 1. The summed E-state index contributed by atoms with van der Waals surface area (Å²) in [5.74, 6) is 0.112. The maximum Gasteiger partial charge on any atom is 0.161 e. The third-order valence-corrected chi connectivity index (χ3v) is 5.77. The number of methoxy groups -OCH3 is 1. The van der Waals surface area contributed by atoms with Crippen molar-refractivity contribution in [1.29, 1.82) is 5.26 Å². The number of allylic oxidation sites excluding steroid dienone is 2. The van der Waals surface area contributed by atoms with Crippen molar-refractivity contribution in [2.24, 2.45) is 10.9 Å². The van der Waals surface area contributed by atoms with Gasteiger partial charge >= 0.3 is 0 Å². The van der Waals surface area contributed by atoms with Crippen molar-refractivity contribution < 1.29 is 9.53 Å². The van der Waals surface area contributed by atoms with Crippen molar-refractivity contribution >= 4 is 11.5 Å². The summed E-state index contributed by atoms with van der Waals surface area (Å²) in [7, 11) is 1.62. The molecule has 3 atom stereocenters. The van der Waals surface area contributed by atoms with Crippen LogP contribution in [0.25, 0.3) is 0 Å². The van der Waals surface area contributed by atoms with Crippen LogP contribution < -0.4 is 4.74 Å². The lowest BCUT2D eigenvalue weighted by Gasteiger charge is -2.35. The number of aliphatic imine (C=N–C) groups is 1. The van der Waals surface area contributed by atoms with Gasteiger partial charge < -0.3 is 4.74 Å². The molecule has 0 spiro atoms. The first-order valence-electron chi connectivity index (χ1n) is 9.53. The second kappa shape index (κ2) is 7.44. The number of hydrogen-bond donors (Lipinski definition) is 0. The van der Waals surface area contributed by atoms with Crippen LogP contribution in [-0.2, 0) is 4.79 Å². The van der Waals surface area contributed by atoms with Gasteiger partial charge in [0.05, 0.1) is 19.1 Å². The first-order chi connectivity index (χ1) is 13.6. The molecule has 0 aromatic heterocycles. The molecule has 140 valence electrons. The van der Waals surface area contributed by atoms with Gasteiger partial charge in [-0.15, -0.1) is 0 Å². The van der Waals surface area contributed by atoms with E-state index in [-0.39, 0.29) is 17.6 Å². The summed E-state index contributed by atoms with van der Waals surface area (Å²) < 4.78 is 5.55. The highest BCUT2D eigenvalue weighted by Gasteiger charge is 2.42. The average molecular weight is 370 g/mol. The van der Waals surface area contributed by atoms with Gasteiger partial charge in [-0.3, -0.25) is 9.79 Å². The normalized spacial score (nSPS) is 24.2. The molecular weight excluding hydrogens is 348 g/mol. The lowest BCUT2D eigenvalue weighted by atomic mass is 9.69. The number of benzene rings is 2. The van der Waals surface area contributed by atoms with Gasteiger partial charge in [0.25, 0.3) is 0 Å². The Morgan fingerprint density at radius 1 is 1.07 bits per heavy atom. The molecule has 1 aliphatic heterocycles. The Morgan fingerprint density at radius 2 is 1.79 bits per heavy atom. The molecule has 2 aromatic rings. The number of carbonyl (C=O) groups is 1. The fourth-order valence-electron chi connectivity index (χ4n) is 4.45. The molecule has 0 bridgehead atoms. The molecule has 0 saturated carbocycles. The number of ketones is 1. The minimum absolute atomic E-state index is 0.0857. The highest BCUT2D eigenvalue weighted by molar-refractivity contribution is 6.03. The zero-order valence-corrected chi connectivity index (χ0v) is 16.1. The molecule has 1 heterocycles. The summed E-state index contributed by atoms with van der Waals surface area (Å²) in [6.07, 6.45) is 1.16. The van der Waals surface area contributed by atoms with Crippen LogP contribution in [0.2, 0.25) is 0 Å². The minimum atomic E-state index is -0.465. The standard InChI is InChI=1S/C24H22N2O2/c1-15-19(14-25)23(18-10-6-7-11-22(18)28-2)24-20(26-15)12-17(13-21(24)27)16-8-4-3-5-9-16/h3-11,17,19,23H,12-13H2,1-2H3/t17-,19?,23+/m1/s1. The Balaban J connectivity index is 1.83.